The minimum atomic E-state index is -0.844. The molecule has 1 unspecified atom stereocenters. The van der Waals surface area contributed by atoms with Crippen molar-refractivity contribution in [3.8, 4) is 0 Å². The number of rotatable bonds is 5. The van der Waals surface area contributed by atoms with Crippen LogP contribution in [0.1, 0.15) is 18.5 Å². The second-order valence-electron chi connectivity index (χ2n) is 3.91. The van der Waals surface area contributed by atoms with E-state index < -0.39 is 29.5 Å². The molecule has 1 atom stereocenters. The van der Waals surface area contributed by atoms with Crippen molar-refractivity contribution in [2.45, 2.75) is 13.0 Å². The van der Waals surface area contributed by atoms with Crippen molar-refractivity contribution in [1.29, 1.82) is 0 Å². The summed E-state index contributed by atoms with van der Waals surface area (Å²) < 4.78 is 26.9. The number of nitrogens with one attached hydrogen (secondary N) is 2. The lowest BCUT2D eigenvalue weighted by Gasteiger charge is -2.16. The fourth-order valence-corrected chi connectivity index (χ4v) is 1.54. The number of carbonyl (C=O) groups is 2. The molecule has 0 radical (unpaired) electrons. The number of hydrogen-bond donors (Lipinski definition) is 3. The molecule has 0 saturated heterocycles. The van der Waals surface area contributed by atoms with E-state index in [0.717, 1.165) is 12.1 Å². The molecule has 0 spiro atoms. The number of nitrogens with two attached hydrogens (primary N) is 1. The van der Waals surface area contributed by atoms with Gasteiger partial charge in [0, 0.05) is 5.56 Å². The summed E-state index contributed by atoms with van der Waals surface area (Å²) in [5.74, 6) is -2.52. The van der Waals surface area contributed by atoms with Crippen molar-refractivity contribution in [3.05, 3.63) is 35.4 Å². The summed E-state index contributed by atoms with van der Waals surface area (Å²) in [6.07, 6.45) is 0. The fourth-order valence-electron chi connectivity index (χ4n) is 1.54. The van der Waals surface area contributed by atoms with E-state index in [9.17, 15) is 18.4 Å². The van der Waals surface area contributed by atoms with Crippen LogP contribution in [0.15, 0.2) is 18.2 Å². The van der Waals surface area contributed by atoms with E-state index in [1.54, 1.807) is 0 Å². The van der Waals surface area contributed by atoms with E-state index in [-0.39, 0.29) is 18.7 Å². The van der Waals surface area contributed by atoms with Crippen LogP contribution < -0.4 is 16.4 Å². The van der Waals surface area contributed by atoms with Crippen LogP contribution in [-0.2, 0) is 9.59 Å². The normalized spacial score (nSPS) is 11.8. The maximum Gasteiger partial charge on any atom is 0.239 e. The summed E-state index contributed by atoms with van der Waals surface area (Å²) in [7, 11) is 0. The van der Waals surface area contributed by atoms with Gasteiger partial charge in [-0.25, -0.2) is 8.78 Å². The number of hydrogen-bond acceptors (Lipinski definition) is 3. The molecule has 7 heteroatoms. The van der Waals surface area contributed by atoms with Crippen LogP contribution in [0.3, 0.4) is 0 Å². The van der Waals surface area contributed by atoms with Gasteiger partial charge in [0.2, 0.25) is 11.8 Å². The molecule has 0 heterocycles. The molecule has 19 heavy (non-hydrogen) atoms. The second kappa shape index (κ2) is 6.79. The minimum Gasteiger partial charge on any atom is -0.348 e. The Morgan fingerprint density at radius 3 is 2.37 bits per heavy atom. The molecule has 4 N–H and O–H groups in total. The van der Waals surface area contributed by atoms with Crippen molar-refractivity contribution in [2.24, 2.45) is 5.73 Å². The van der Waals surface area contributed by atoms with Gasteiger partial charge in [0.05, 0.1) is 19.1 Å². The highest BCUT2D eigenvalue weighted by Crippen LogP contribution is 2.19. The summed E-state index contributed by atoms with van der Waals surface area (Å²) >= 11 is 0. The first-order chi connectivity index (χ1) is 8.95. The number of halogens is 2. The zero-order chi connectivity index (χ0) is 14.4. The van der Waals surface area contributed by atoms with Crippen LogP contribution in [0.25, 0.3) is 0 Å². The van der Waals surface area contributed by atoms with Gasteiger partial charge in [0.15, 0.2) is 0 Å². The van der Waals surface area contributed by atoms with Gasteiger partial charge < -0.3 is 16.4 Å². The number of carbonyl (C=O) groups excluding carboxylic acids is 2. The fraction of sp³-hybridized carbons (Fsp3) is 0.333. The maximum absolute atomic E-state index is 13.4. The summed E-state index contributed by atoms with van der Waals surface area (Å²) in [5, 5.41) is 4.64. The molecule has 0 saturated carbocycles. The third-order valence-corrected chi connectivity index (χ3v) is 2.44. The molecule has 5 nitrogen and oxygen atoms in total. The van der Waals surface area contributed by atoms with Crippen molar-refractivity contribution in [2.75, 3.05) is 13.1 Å². The zero-order valence-corrected chi connectivity index (χ0v) is 10.4. The first kappa shape index (κ1) is 15.0. The van der Waals surface area contributed by atoms with Gasteiger partial charge in [0.25, 0.3) is 0 Å². The Labute approximate surface area is 109 Å². The lowest BCUT2D eigenvalue weighted by Crippen LogP contribution is -2.40. The Morgan fingerprint density at radius 1 is 1.26 bits per heavy atom. The van der Waals surface area contributed by atoms with Gasteiger partial charge in [-0.2, -0.15) is 0 Å². The maximum atomic E-state index is 13.4. The molecular formula is C12H15F2N3O2. The molecule has 1 aromatic carbocycles. The minimum absolute atomic E-state index is 0.221. The van der Waals surface area contributed by atoms with E-state index >= 15 is 0 Å². The summed E-state index contributed by atoms with van der Waals surface area (Å²) in [5.41, 5.74) is 4.83. The van der Waals surface area contributed by atoms with Crippen molar-refractivity contribution < 1.29 is 18.4 Å². The van der Waals surface area contributed by atoms with Crippen LogP contribution in [0.2, 0.25) is 0 Å². The monoisotopic (exact) mass is 271 g/mol. The van der Waals surface area contributed by atoms with Gasteiger partial charge >= 0.3 is 0 Å². The third kappa shape index (κ3) is 4.29. The highest BCUT2D eigenvalue weighted by atomic mass is 19.1. The van der Waals surface area contributed by atoms with Crippen LogP contribution in [0.4, 0.5) is 8.78 Å². The average Bonchev–Trinajstić information content (AvgIpc) is 2.35. The summed E-state index contributed by atoms with van der Waals surface area (Å²) in [6.45, 7) is 0.922. The highest BCUT2D eigenvalue weighted by Gasteiger charge is 2.17. The largest absolute Gasteiger partial charge is 0.348 e. The quantitative estimate of drug-likeness (QED) is 0.716. The molecule has 0 aliphatic rings. The van der Waals surface area contributed by atoms with Crippen molar-refractivity contribution in [1.82, 2.24) is 10.6 Å². The van der Waals surface area contributed by atoms with E-state index in [0.29, 0.717) is 0 Å². The predicted molar refractivity (Wildman–Crippen MR) is 65.0 cm³/mol. The van der Waals surface area contributed by atoms with Gasteiger partial charge in [0.1, 0.15) is 11.6 Å². The molecular weight excluding hydrogens is 256 g/mol. The molecule has 104 valence electrons. The van der Waals surface area contributed by atoms with Crippen LogP contribution in [-0.4, -0.2) is 24.9 Å². The molecule has 2 amide bonds. The molecule has 0 fully saturated rings. The average molecular weight is 271 g/mol. The SMILES string of the molecule is CC(NC(=O)CNC(=O)CN)c1c(F)cccc1F. The van der Waals surface area contributed by atoms with Crippen LogP contribution in [0.5, 0.6) is 0 Å². The first-order valence-corrected chi connectivity index (χ1v) is 5.65. The number of benzene rings is 1. The van der Waals surface area contributed by atoms with E-state index in [4.69, 9.17) is 5.73 Å². The van der Waals surface area contributed by atoms with Gasteiger partial charge in [-0.05, 0) is 19.1 Å². The molecule has 0 aliphatic carbocycles. The molecule has 1 rings (SSSR count). The van der Waals surface area contributed by atoms with Gasteiger partial charge in [-0.3, -0.25) is 9.59 Å². The Hall–Kier alpha value is -2.02. The van der Waals surface area contributed by atoms with E-state index in [2.05, 4.69) is 10.6 Å². The Balaban J connectivity index is 2.62. The second-order valence-corrected chi connectivity index (χ2v) is 3.91. The lowest BCUT2D eigenvalue weighted by molar-refractivity contribution is -0.125. The Morgan fingerprint density at radius 2 is 1.84 bits per heavy atom. The topological polar surface area (TPSA) is 84.2 Å². The third-order valence-electron chi connectivity index (χ3n) is 2.44. The smallest absolute Gasteiger partial charge is 0.239 e. The summed E-state index contributed by atoms with van der Waals surface area (Å²) in [6, 6.07) is 2.61. The van der Waals surface area contributed by atoms with Crippen LogP contribution >= 0.6 is 0 Å². The standard InChI is InChI=1S/C12H15F2N3O2/c1-7(12-8(13)3-2-4-9(12)14)17-11(19)6-16-10(18)5-15/h2-4,7H,5-6,15H2,1H3,(H,16,18)(H,17,19). The Bertz CT molecular complexity index is 460. The summed E-state index contributed by atoms with van der Waals surface area (Å²) in [4.78, 5) is 22.3. The van der Waals surface area contributed by atoms with E-state index in [1.165, 1.54) is 13.0 Å². The molecule has 0 aromatic heterocycles. The predicted octanol–water partition coefficient (Wildman–Crippen LogP) is 0.217. The number of amides is 2. The zero-order valence-electron chi connectivity index (χ0n) is 10.4. The van der Waals surface area contributed by atoms with Gasteiger partial charge in [-0.15, -0.1) is 0 Å². The first-order valence-electron chi connectivity index (χ1n) is 5.65. The van der Waals surface area contributed by atoms with Crippen LogP contribution in [0, 0.1) is 11.6 Å². The van der Waals surface area contributed by atoms with Crippen molar-refractivity contribution >= 4 is 11.8 Å². The van der Waals surface area contributed by atoms with E-state index in [1.807, 2.05) is 0 Å². The Kier molecular flexibility index (Phi) is 5.37. The lowest BCUT2D eigenvalue weighted by atomic mass is 10.1. The highest BCUT2D eigenvalue weighted by molar-refractivity contribution is 5.85. The molecule has 0 aliphatic heterocycles. The molecule has 0 bridgehead atoms. The van der Waals surface area contributed by atoms with Gasteiger partial charge in [-0.1, -0.05) is 6.07 Å². The molecule has 1 aromatic rings. The van der Waals surface area contributed by atoms with Crippen molar-refractivity contribution in [3.63, 3.8) is 0 Å².